The van der Waals surface area contributed by atoms with Crippen LogP contribution in [0, 0.1) is 6.92 Å². The summed E-state index contributed by atoms with van der Waals surface area (Å²) in [6, 6.07) is 5.49. The van der Waals surface area contributed by atoms with Gasteiger partial charge in [-0.1, -0.05) is 15.9 Å². The van der Waals surface area contributed by atoms with Gasteiger partial charge >= 0.3 is 5.97 Å². The number of rotatable bonds is 6. The highest BCUT2D eigenvalue weighted by Crippen LogP contribution is 2.24. The average Bonchev–Trinajstić information content (AvgIpc) is 2.84. The van der Waals surface area contributed by atoms with Crippen molar-refractivity contribution in [1.82, 2.24) is 9.55 Å². The molecule has 0 aliphatic rings. The van der Waals surface area contributed by atoms with Crippen LogP contribution in [0.15, 0.2) is 41.1 Å². The molecule has 0 saturated carbocycles. The van der Waals surface area contributed by atoms with Crippen molar-refractivity contribution in [3.8, 4) is 5.75 Å². The maximum Gasteiger partial charge on any atom is 0.328 e. The van der Waals surface area contributed by atoms with Crippen LogP contribution in [0.5, 0.6) is 5.75 Å². The Morgan fingerprint density at radius 2 is 2.33 bits per heavy atom. The SMILES string of the molecule is Cc1nccn1CCOc1ccc(Br)cc1C=CC(=O)O. The highest BCUT2D eigenvalue weighted by atomic mass is 79.9. The summed E-state index contributed by atoms with van der Waals surface area (Å²) < 4.78 is 8.60. The van der Waals surface area contributed by atoms with Gasteiger partial charge in [0.1, 0.15) is 18.2 Å². The summed E-state index contributed by atoms with van der Waals surface area (Å²) in [6.45, 7) is 3.09. The molecule has 1 aromatic heterocycles. The molecule has 110 valence electrons. The predicted octanol–water partition coefficient (Wildman–Crippen LogP) is 3.13. The second-order valence-corrected chi connectivity index (χ2v) is 5.29. The Morgan fingerprint density at radius 1 is 1.52 bits per heavy atom. The molecule has 0 saturated heterocycles. The lowest BCUT2D eigenvalue weighted by Crippen LogP contribution is -2.09. The van der Waals surface area contributed by atoms with Crippen LogP contribution in [-0.2, 0) is 11.3 Å². The quantitative estimate of drug-likeness (QED) is 0.813. The van der Waals surface area contributed by atoms with Gasteiger partial charge in [-0.2, -0.15) is 0 Å². The molecular formula is C15H15BrN2O3. The van der Waals surface area contributed by atoms with E-state index in [-0.39, 0.29) is 0 Å². The number of halogens is 1. The minimum atomic E-state index is -0.991. The Balaban J connectivity index is 2.05. The van der Waals surface area contributed by atoms with Crippen molar-refractivity contribution < 1.29 is 14.6 Å². The van der Waals surface area contributed by atoms with Gasteiger partial charge < -0.3 is 14.4 Å². The molecule has 0 radical (unpaired) electrons. The van der Waals surface area contributed by atoms with Crippen LogP contribution in [-0.4, -0.2) is 27.2 Å². The third-order valence-electron chi connectivity index (χ3n) is 2.89. The smallest absolute Gasteiger partial charge is 0.328 e. The number of carboxylic acids is 1. The van der Waals surface area contributed by atoms with Crippen molar-refractivity contribution in [3.05, 3.63) is 52.5 Å². The Labute approximate surface area is 131 Å². The fraction of sp³-hybridized carbons (Fsp3) is 0.200. The van der Waals surface area contributed by atoms with E-state index in [1.807, 2.05) is 35.9 Å². The first kappa shape index (κ1) is 15.3. The van der Waals surface area contributed by atoms with Crippen molar-refractivity contribution in [2.24, 2.45) is 0 Å². The number of aliphatic carboxylic acids is 1. The molecule has 0 aliphatic carbocycles. The van der Waals surface area contributed by atoms with E-state index >= 15 is 0 Å². The fourth-order valence-corrected chi connectivity index (χ4v) is 2.21. The number of aromatic nitrogens is 2. The van der Waals surface area contributed by atoms with Crippen molar-refractivity contribution in [2.75, 3.05) is 6.61 Å². The molecule has 1 heterocycles. The number of hydrogen-bond donors (Lipinski definition) is 1. The molecule has 0 atom stereocenters. The molecule has 0 unspecified atom stereocenters. The lowest BCUT2D eigenvalue weighted by atomic mass is 10.2. The summed E-state index contributed by atoms with van der Waals surface area (Å²) in [4.78, 5) is 14.8. The largest absolute Gasteiger partial charge is 0.491 e. The predicted molar refractivity (Wildman–Crippen MR) is 83.3 cm³/mol. The van der Waals surface area contributed by atoms with Crippen LogP contribution in [0.25, 0.3) is 6.08 Å². The van der Waals surface area contributed by atoms with Crippen LogP contribution in [0.2, 0.25) is 0 Å². The number of imidazole rings is 1. The first-order valence-electron chi connectivity index (χ1n) is 6.37. The second-order valence-electron chi connectivity index (χ2n) is 4.37. The van der Waals surface area contributed by atoms with E-state index in [4.69, 9.17) is 9.84 Å². The zero-order chi connectivity index (χ0) is 15.2. The van der Waals surface area contributed by atoms with E-state index in [0.29, 0.717) is 24.5 Å². The molecule has 1 N–H and O–H groups in total. The van der Waals surface area contributed by atoms with Gasteiger partial charge in [-0.25, -0.2) is 9.78 Å². The number of carbonyl (C=O) groups is 1. The summed E-state index contributed by atoms with van der Waals surface area (Å²) in [7, 11) is 0. The molecule has 0 spiro atoms. The van der Waals surface area contributed by atoms with E-state index in [1.165, 1.54) is 6.08 Å². The minimum Gasteiger partial charge on any atom is -0.491 e. The number of hydrogen-bond acceptors (Lipinski definition) is 3. The van der Waals surface area contributed by atoms with Gasteiger partial charge in [0.2, 0.25) is 0 Å². The van der Waals surface area contributed by atoms with Crippen LogP contribution < -0.4 is 4.74 Å². The van der Waals surface area contributed by atoms with Gasteiger partial charge in [0.05, 0.1) is 6.54 Å². The maximum absolute atomic E-state index is 10.6. The number of ether oxygens (including phenoxy) is 1. The molecular weight excluding hydrogens is 336 g/mol. The third-order valence-corrected chi connectivity index (χ3v) is 3.38. The Bertz CT molecular complexity index is 665. The summed E-state index contributed by atoms with van der Waals surface area (Å²) in [5, 5.41) is 8.72. The monoisotopic (exact) mass is 350 g/mol. The number of nitrogens with zero attached hydrogens (tertiary/aromatic N) is 2. The normalized spacial score (nSPS) is 11.0. The summed E-state index contributed by atoms with van der Waals surface area (Å²) in [6.07, 6.45) is 6.25. The van der Waals surface area contributed by atoms with Gasteiger partial charge in [-0.15, -0.1) is 0 Å². The van der Waals surface area contributed by atoms with Gasteiger partial charge in [-0.3, -0.25) is 0 Å². The zero-order valence-electron chi connectivity index (χ0n) is 11.5. The van der Waals surface area contributed by atoms with Gasteiger partial charge in [0, 0.05) is 28.5 Å². The molecule has 21 heavy (non-hydrogen) atoms. The van der Waals surface area contributed by atoms with Crippen molar-refractivity contribution >= 4 is 28.0 Å². The zero-order valence-corrected chi connectivity index (χ0v) is 13.1. The van der Waals surface area contributed by atoms with Gasteiger partial charge in [0.15, 0.2) is 0 Å². The van der Waals surface area contributed by atoms with Gasteiger partial charge in [0.25, 0.3) is 0 Å². The maximum atomic E-state index is 10.6. The standard InChI is InChI=1S/C15H15BrN2O3/c1-11-17-6-7-18(11)8-9-21-14-4-3-13(16)10-12(14)2-5-15(19)20/h2-7,10H,8-9H2,1H3,(H,19,20). The molecule has 0 amide bonds. The second kappa shape index (κ2) is 7.08. The van der Waals surface area contributed by atoms with E-state index in [9.17, 15) is 4.79 Å². The van der Waals surface area contributed by atoms with E-state index in [2.05, 4.69) is 20.9 Å². The molecule has 2 rings (SSSR count). The lowest BCUT2D eigenvalue weighted by molar-refractivity contribution is -0.131. The molecule has 5 nitrogen and oxygen atoms in total. The number of aryl methyl sites for hydroxylation is 1. The third kappa shape index (κ3) is 4.46. The van der Waals surface area contributed by atoms with Crippen LogP contribution in [0.4, 0.5) is 0 Å². The minimum absolute atomic E-state index is 0.479. The highest BCUT2D eigenvalue weighted by Gasteiger charge is 2.04. The Kier molecular flexibility index (Phi) is 5.16. The van der Waals surface area contributed by atoms with Crippen LogP contribution in [0.3, 0.4) is 0 Å². The van der Waals surface area contributed by atoms with E-state index in [0.717, 1.165) is 16.4 Å². The van der Waals surface area contributed by atoms with Gasteiger partial charge in [-0.05, 0) is 31.2 Å². The van der Waals surface area contributed by atoms with E-state index in [1.54, 1.807) is 6.20 Å². The molecule has 6 heteroatoms. The van der Waals surface area contributed by atoms with Crippen molar-refractivity contribution in [2.45, 2.75) is 13.5 Å². The number of benzene rings is 1. The molecule has 0 fully saturated rings. The van der Waals surface area contributed by atoms with Crippen molar-refractivity contribution in [1.29, 1.82) is 0 Å². The molecule has 1 aromatic carbocycles. The molecule has 0 aliphatic heterocycles. The molecule has 2 aromatic rings. The lowest BCUT2D eigenvalue weighted by Gasteiger charge is -2.11. The Morgan fingerprint density at radius 3 is 3.00 bits per heavy atom. The average molecular weight is 351 g/mol. The van der Waals surface area contributed by atoms with E-state index < -0.39 is 5.97 Å². The first-order chi connectivity index (χ1) is 10.1. The summed E-state index contributed by atoms with van der Waals surface area (Å²) >= 11 is 3.36. The number of carboxylic acid groups (broad SMARTS) is 1. The molecule has 0 bridgehead atoms. The van der Waals surface area contributed by atoms with Crippen molar-refractivity contribution in [3.63, 3.8) is 0 Å². The summed E-state index contributed by atoms with van der Waals surface area (Å²) in [5.74, 6) is 0.587. The van der Waals surface area contributed by atoms with Crippen LogP contribution >= 0.6 is 15.9 Å². The topological polar surface area (TPSA) is 64.4 Å². The Hall–Kier alpha value is -2.08. The fourth-order valence-electron chi connectivity index (χ4n) is 1.84. The summed E-state index contributed by atoms with van der Waals surface area (Å²) in [5.41, 5.74) is 0.717. The van der Waals surface area contributed by atoms with Crippen LogP contribution in [0.1, 0.15) is 11.4 Å². The first-order valence-corrected chi connectivity index (χ1v) is 7.16. The highest BCUT2D eigenvalue weighted by molar-refractivity contribution is 9.10.